The fourth-order valence-corrected chi connectivity index (χ4v) is 3.66. The van der Waals surface area contributed by atoms with Crippen molar-refractivity contribution in [1.29, 1.82) is 0 Å². The van der Waals surface area contributed by atoms with Crippen LogP contribution in [0.2, 0.25) is 5.02 Å². The highest BCUT2D eigenvalue weighted by Gasteiger charge is 2.33. The molecule has 32 heavy (non-hydrogen) atoms. The first-order chi connectivity index (χ1) is 15.3. The van der Waals surface area contributed by atoms with Gasteiger partial charge in [-0.1, -0.05) is 23.7 Å². The van der Waals surface area contributed by atoms with Gasteiger partial charge in [-0.2, -0.15) is 0 Å². The molecular formula is C24H26ClN5O2. The highest BCUT2D eigenvalue weighted by atomic mass is 35.5. The van der Waals surface area contributed by atoms with Gasteiger partial charge in [0.15, 0.2) is 5.82 Å². The van der Waals surface area contributed by atoms with Crippen molar-refractivity contribution in [2.45, 2.75) is 32.4 Å². The molecule has 1 aromatic carbocycles. The van der Waals surface area contributed by atoms with E-state index in [1.807, 2.05) is 63.2 Å². The molecule has 1 saturated heterocycles. The maximum atomic E-state index is 13.0. The number of carbonyl (C=O) groups is 1. The van der Waals surface area contributed by atoms with E-state index in [1.54, 1.807) is 17.3 Å². The predicted octanol–water partition coefficient (Wildman–Crippen LogP) is 4.74. The average Bonchev–Trinajstić information content (AvgIpc) is 2.79. The number of piperazine rings is 1. The molecule has 1 unspecified atom stereocenters. The topological polar surface area (TPSA) is 80.2 Å². The van der Waals surface area contributed by atoms with Crippen LogP contribution in [-0.2, 0) is 4.74 Å². The molecular weight excluding hydrogens is 426 g/mol. The van der Waals surface area contributed by atoms with Crippen molar-refractivity contribution in [1.82, 2.24) is 25.2 Å². The number of aromatic nitrogens is 3. The second kappa shape index (κ2) is 9.22. The first kappa shape index (κ1) is 22.2. The predicted molar refractivity (Wildman–Crippen MR) is 124 cm³/mol. The number of ether oxygens (including phenoxy) is 1. The van der Waals surface area contributed by atoms with E-state index in [2.05, 4.69) is 10.3 Å². The third-order valence-corrected chi connectivity index (χ3v) is 5.27. The Balaban J connectivity index is 1.78. The van der Waals surface area contributed by atoms with Crippen molar-refractivity contribution in [3.63, 3.8) is 0 Å². The van der Waals surface area contributed by atoms with Crippen LogP contribution >= 0.6 is 11.6 Å². The van der Waals surface area contributed by atoms with Crippen LogP contribution in [-0.4, -0.2) is 51.2 Å². The van der Waals surface area contributed by atoms with Crippen LogP contribution in [0.25, 0.3) is 22.6 Å². The molecule has 1 N–H and O–H groups in total. The van der Waals surface area contributed by atoms with Gasteiger partial charge in [-0.05, 0) is 51.1 Å². The van der Waals surface area contributed by atoms with Gasteiger partial charge in [0, 0.05) is 48.2 Å². The van der Waals surface area contributed by atoms with Crippen LogP contribution in [0.5, 0.6) is 0 Å². The Morgan fingerprint density at radius 2 is 1.94 bits per heavy atom. The third kappa shape index (κ3) is 5.23. The molecule has 1 atom stereocenters. The zero-order valence-electron chi connectivity index (χ0n) is 18.4. The van der Waals surface area contributed by atoms with Crippen molar-refractivity contribution in [3.8, 4) is 22.6 Å². The molecule has 1 aliphatic heterocycles. The number of nitrogens with zero attached hydrogens (tertiary/aromatic N) is 4. The van der Waals surface area contributed by atoms with Crippen molar-refractivity contribution >= 4 is 17.7 Å². The zero-order chi connectivity index (χ0) is 22.7. The van der Waals surface area contributed by atoms with Crippen LogP contribution in [0.1, 0.15) is 32.5 Å². The standard InChI is InChI=1S/C24H26ClN5O2/c1-24(2,3)32-23(31)30-12-11-27-15-21(30)20-13-19(16-6-8-18(25)9-7-16)28-22(29-20)17-5-4-10-26-14-17/h4-10,13-14,21,27H,11-12,15H2,1-3H3. The molecule has 1 aliphatic rings. The van der Waals surface area contributed by atoms with E-state index < -0.39 is 5.60 Å². The van der Waals surface area contributed by atoms with Crippen molar-refractivity contribution in [2.24, 2.45) is 0 Å². The largest absolute Gasteiger partial charge is 0.444 e. The lowest BCUT2D eigenvalue weighted by Gasteiger charge is -2.37. The Morgan fingerprint density at radius 3 is 2.62 bits per heavy atom. The Kier molecular flexibility index (Phi) is 6.39. The van der Waals surface area contributed by atoms with Crippen molar-refractivity contribution < 1.29 is 9.53 Å². The number of carbonyl (C=O) groups excluding carboxylic acids is 1. The summed E-state index contributed by atoms with van der Waals surface area (Å²) < 4.78 is 5.66. The summed E-state index contributed by atoms with van der Waals surface area (Å²) >= 11 is 6.08. The lowest BCUT2D eigenvalue weighted by atomic mass is 10.1. The molecule has 3 heterocycles. The van der Waals surface area contributed by atoms with Crippen LogP contribution in [0.15, 0.2) is 54.9 Å². The van der Waals surface area contributed by atoms with E-state index in [0.29, 0.717) is 30.5 Å². The third-order valence-electron chi connectivity index (χ3n) is 5.02. The molecule has 4 rings (SSSR count). The summed E-state index contributed by atoms with van der Waals surface area (Å²) in [6, 6.07) is 12.9. The molecule has 2 aromatic heterocycles. The molecule has 1 fully saturated rings. The first-order valence-corrected chi connectivity index (χ1v) is 10.9. The number of pyridine rings is 1. The van der Waals surface area contributed by atoms with Crippen LogP contribution in [0, 0.1) is 0 Å². The molecule has 8 heteroatoms. The maximum absolute atomic E-state index is 13.0. The summed E-state index contributed by atoms with van der Waals surface area (Å²) in [6.45, 7) is 7.40. The van der Waals surface area contributed by atoms with Gasteiger partial charge in [-0.15, -0.1) is 0 Å². The summed E-state index contributed by atoms with van der Waals surface area (Å²) in [6.07, 6.45) is 3.09. The van der Waals surface area contributed by atoms with Crippen LogP contribution in [0.3, 0.4) is 0 Å². The Bertz CT molecular complexity index is 1080. The lowest BCUT2D eigenvalue weighted by molar-refractivity contribution is 0.0113. The van der Waals surface area contributed by atoms with E-state index in [4.69, 9.17) is 26.3 Å². The smallest absolute Gasteiger partial charge is 0.410 e. The maximum Gasteiger partial charge on any atom is 0.410 e. The summed E-state index contributed by atoms with van der Waals surface area (Å²) in [4.78, 5) is 28.5. The number of rotatable bonds is 3. The first-order valence-electron chi connectivity index (χ1n) is 10.6. The normalized spacial score (nSPS) is 16.6. The quantitative estimate of drug-likeness (QED) is 0.619. The fourth-order valence-electron chi connectivity index (χ4n) is 3.54. The van der Waals surface area contributed by atoms with Gasteiger partial charge in [0.25, 0.3) is 0 Å². The average molecular weight is 452 g/mol. The minimum atomic E-state index is -0.576. The highest BCUT2D eigenvalue weighted by Crippen LogP contribution is 2.29. The minimum Gasteiger partial charge on any atom is -0.444 e. The summed E-state index contributed by atoms with van der Waals surface area (Å²) in [5.74, 6) is 0.551. The molecule has 0 saturated carbocycles. The van der Waals surface area contributed by atoms with Crippen molar-refractivity contribution in [2.75, 3.05) is 19.6 Å². The Morgan fingerprint density at radius 1 is 1.16 bits per heavy atom. The molecule has 0 bridgehead atoms. The fraction of sp³-hybridized carbons (Fsp3) is 0.333. The number of hydrogen-bond acceptors (Lipinski definition) is 6. The minimum absolute atomic E-state index is 0.289. The van der Waals surface area contributed by atoms with Gasteiger partial charge >= 0.3 is 6.09 Å². The SMILES string of the molecule is CC(C)(C)OC(=O)N1CCNCC1c1cc(-c2ccc(Cl)cc2)nc(-c2cccnc2)n1. The van der Waals surface area contributed by atoms with E-state index in [1.165, 1.54) is 0 Å². The lowest BCUT2D eigenvalue weighted by Crippen LogP contribution is -2.50. The summed E-state index contributed by atoms with van der Waals surface area (Å²) in [7, 11) is 0. The van der Waals surface area contributed by atoms with Crippen LogP contribution in [0.4, 0.5) is 4.79 Å². The van der Waals surface area contributed by atoms with E-state index in [0.717, 1.165) is 22.5 Å². The van der Waals surface area contributed by atoms with Gasteiger partial charge in [0.1, 0.15) is 5.60 Å². The molecule has 0 spiro atoms. The highest BCUT2D eigenvalue weighted by molar-refractivity contribution is 6.30. The number of nitrogens with one attached hydrogen (secondary N) is 1. The molecule has 166 valence electrons. The summed E-state index contributed by atoms with van der Waals surface area (Å²) in [5.41, 5.74) is 2.63. The van der Waals surface area contributed by atoms with E-state index in [9.17, 15) is 4.79 Å². The van der Waals surface area contributed by atoms with E-state index in [-0.39, 0.29) is 12.1 Å². The second-order valence-electron chi connectivity index (χ2n) is 8.64. The molecule has 3 aromatic rings. The number of benzene rings is 1. The molecule has 7 nitrogen and oxygen atoms in total. The number of amides is 1. The van der Waals surface area contributed by atoms with E-state index >= 15 is 0 Å². The number of hydrogen-bond donors (Lipinski definition) is 1. The van der Waals surface area contributed by atoms with Gasteiger partial charge in [0.2, 0.25) is 0 Å². The van der Waals surface area contributed by atoms with Crippen molar-refractivity contribution in [3.05, 3.63) is 65.6 Å². The summed E-state index contributed by atoms with van der Waals surface area (Å²) in [5, 5.41) is 4.02. The zero-order valence-corrected chi connectivity index (χ0v) is 19.1. The Hall–Kier alpha value is -3.03. The molecule has 1 amide bonds. The molecule has 0 aliphatic carbocycles. The van der Waals surface area contributed by atoms with Gasteiger partial charge in [0.05, 0.1) is 17.4 Å². The van der Waals surface area contributed by atoms with Crippen LogP contribution < -0.4 is 5.32 Å². The van der Waals surface area contributed by atoms with Gasteiger partial charge in [-0.25, -0.2) is 14.8 Å². The van der Waals surface area contributed by atoms with Gasteiger partial charge in [-0.3, -0.25) is 9.88 Å². The second-order valence-corrected chi connectivity index (χ2v) is 9.08. The van der Waals surface area contributed by atoms with Gasteiger partial charge < -0.3 is 10.1 Å². The number of halogens is 1. The Labute approximate surface area is 192 Å². The molecule has 0 radical (unpaired) electrons. The monoisotopic (exact) mass is 451 g/mol.